The van der Waals surface area contributed by atoms with Gasteiger partial charge in [0.15, 0.2) is 5.16 Å². The van der Waals surface area contributed by atoms with E-state index < -0.39 is 11.7 Å². The van der Waals surface area contributed by atoms with Crippen LogP contribution in [0.2, 0.25) is 5.02 Å². The molecule has 0 bridgehead atoms. The summed E-state index contributed by atoms with van der Waals surface area (Å²) >= 11 is 8.37. The van der Waals surface area contributed by atoms with E-state index >= 15 is 0 Å². The number of halogens is 4. The highest BCUT2D eigenvalue weighted by atomic mass is 35.5. The maximum Gasteiger partial charge on any atom is 0.418 e. The van der Waals surface area contributed by atoms with Crippen LogP contribution in [0, 0.1) is 0 Å². The molecule has 0 radical (unpaired) electrons. The Bertz CT molecular complexity index is 793. The first kappa shape index (κ1) is 15.9. The molecule has 118 valence electrons. The summed E-state index contributed by atoms with van der Waals surface area (Å²) in [6, 6.07) is 3.58. The fourth-order valence-corrected chi connectivity index (χ4v) is 4.23. The number of rotatable bonds is 1. The first-order chi connectivity index (χ1) is 10.2. The summed E-state index contributed by atoms with van der Waals surface area (Å²) in [7, 11) is 0. The highest BCUT2D eigenvalue weighted by Crippen LogP contribution is 2.40. The van der Waals surface area contributed by atoms with Gasteiger partial charge in [-0.05, 0) is 32.0 Å². The Hall–Kier alpha value is -0.990. The van der Waals surface area contributed by atoms with Crippen molar-refractivity contribution < 1.29 is 13.2 Å². The molecule has 0 atom stereocenters. The molecule has 2 heterocycles. The molecule has 0 saturated heterocycles. The van der Waals surface area contributed by atoms with Gasteiger partial charge in [-0.25, -0.2) is 4.99 Å². The van der Waals surface area contributed by atoms with Crippen molar-refractivity contribution in [1.29, 1.82) is 0 Å². The van der Waals surface area contributed by atoms with Crippen LogP contribution < -0.4 is 4.80 Å². The molecule has 3 nitrogen and oxygen atoms in total. The number of hydrogen-bond acceptors (Lipinski definition) is 4. The van der Waals surface area contributed by atoms with Crippen molar-refractivity contribution >= 4 is 40.6 Å². The number of fused-ring (bicyclic) bond motifs is 1. The Labute approximate surface area is 138 Å². The van der Waals surface area contributed by atoms with Crippen molar-refractivity contribution in [3.63, 3.8) is 0 Å². The zero-order valence-electron chi connectivity index (χ0n) is 11.6. The molecule has 1 aromatic heterocycles. The second-order valence-corrected chi connectivity index (χ2v) is 8.31. The molecule has 22 heavy (non-hydrogen) atoms. The molecule has 0 N–H and O–H groups in total. The number of aromatic nitrogens is 2. The third kappa shape index (κ3) is 3.04. The van der Waals surface area contributed by atoms with Gasteiger partial charge in [0, 0.05) is 27.8 Å². The van der Waals surface area contributed by atoms with Gasteiger partial charge in [0.25, 0.3) is 0 Å². The third-order valence-electron chi connectivity index (χ3n) is 3.05. The van der Waals surface area contributed by atoms with Gasteiger partial charge < -0.3 is 0 Å². The van der Waals surface area contributed by atoms with Gasteiger partial charge in [0.1, 0.15) is 0 Å². The second kappa shape index (κ2) is 5.28. The van der Waals surface area contributed by atoms with E-state index in [-0.39, 0.29) is 15.5 Å². The average molecular weight is 366 g/mol. The van der Waals surface area contributed by atoms with Crippen LogP contribution in [-0.4, -0.2) is 13.7 Å². The maximum atomic E-state index is 13.1. The molecule has 0 fully saturated rings. The van der Waals surface area contributed by atoms with E-state index in [0.717, 1.165) is 22.8 Å². The molecule has 0 amide bonds. The average Bonchev–Trinajstić information content (AvgIpc) is 2.87. The normalized spacial score (nSPS) is 17.8. The topological polar surface area (TPSA) is 30.2 Å². The minimum absolute atomic E-state index is 0.0325. The molecule has 0 unspecified atom stereocenters. The van der Waals surface area contributed by atoms with Gasteiger partial charge in [-0.15, -0.1) is 0 Å². The molecule has 3 rings (SSSR count). The van der Waals surface area contributed by atoms with Gasteiger partial charge in [-0.1, -0.05) is 23.4 Å². The highest BCUT2D eigenvalue weighted by molar-refractivity contribution is 8.00. The van der Waals surface area contributed by atoms with Gasteiger partial charge >= 0.3 is 6.18 Å². The lowest BCUT2D eigenvalue weighted by Gasteiger charge is -2.13. The lowest BCUT2D eigenvalue weighted by Crippen LogP contribution is -2.22. The minimum Gasteiger partial charge on any atom is -0.293 e. The first-order valence-corrected chi connectivity index (χ1v) is 8.29. The highest BCUT2D eigenvalue weighted by Gasteiger charge is 2.35. The van der Waals surface area contributed by atoms with Crippen LogP contribution in [0.25, 0.3) is 0 Å². The zero-order valence-corrected chi connectivity index (χ0v) is 14.0. The number of benzene rings is 1. The van der Waals surface area contributed by atoms with E-state index in [9.17, 15) is 13.2 Å². The molecular formula is C13H11ClF3N3S2. The molecule has 0 aliphatic carbocycles. The van der Waals surface area contributed by atoms with Crippen molar-refractivity contribution in [3.8, 4) is 0 Å². The van der Waals surface area contributed by atoms with Gasteiger partial charge in [-0.3, -0.25) is 4.57 Å². The van der Waals surface area contributed by atoms with Crippen molar-refractivity contribution in [2.45, 2.75) is 36.5 Å². The van der Waals surface area contributed by atoms with Crippen LogP contribution in [0.3, 0.4) is 0 Å². The summed E-state index contributed by atoms with van der Waals surface area (Å²) in [5.74, 6) is 0. The lowest BCUT2D eigenvalue weighted by atomic mass is 10.2. The third-order valence-corrected chi connectivity index (χ3v) is 5.32. The van der Waals surface area contributed by atoms with Crippen LogP contribution in [0.5, 0.6) is 0 Å². The second-order valence-electron chi connectivity index (χ2n) is 5.47. The summed E-state index contributed by atoms with van der Waals surface area (Å²) < 4.78 is 45.4. The van der Waals surface area contributed by atoms with Crippen LogP contribution in [0.4, 0.5) is 18.9 Å². The van der Waals surface area contributed by atoms with E-state index in [2.05, 4.69) is 23.2 Å². The molecule has 0 spiro atoms. The van der Waals surface area contributed by atoms with E-state index in [0.29, 0.717) is 11.3 Å². The SMILES string of the molecule is CC1(C)Cn2c(nsc2=Nc2ccc(Cl)cc2C(F)(F)F)S1. The predicted molar refractivity (Wildman–Crippen MR) is 81.7 cm³/mol. The van der Waals surface area contributed by atoms with Gasteiger partial charge in [0.05, 0.1) is 11.3 Å². The number of thioether (sulfide) groups is 1. The van der Waals surface area contributed by atoms with E-state index in [4.69, 9.17) is 11.6 Å². The number of nitrogens with zero attached hydrogens (tertiary/aromatic N) is 3. The van der Waals surface area contributed by atoms with Gasteiger partial charge in [0.2, 0.25) is 4.80 Å². The Morgan fingerprint density at radius 1 is 1.36 bits per heavy atom. The van der Waals surface area contributed by atoms with Crippen molar-refractivity contribution in [1.82, 2.24) is 8.94 Å². The summed E-state index contributed by atoms with van der Waals surface area (Å²) in [5.41, 5.74) is -0.988. The molecule has 1 aliphatic heterocycles. The molecule has 1 aliphatic rings. The Morgan fingerprint density at radius 3 is 2.77 bits per heavy atom. The molecule has 2 aromatic rings. The molecule has 9 heteroatoms. The fraction of sp³-hybridized carbons (Fsp3) is 0.385. The summed E-state index contributed by atoms with van der Waals surface area (Å²) in [5, 5.41) is 0.821. The van der Waals surface area contributed by atoms with Crippen LogP contribution in [-0.2, 0) is 12.7 Å². The van der Waals surface area contributed by atoms with E-state index in [1.54, 1.807) is 11.8 Å². The molecule has 1 aromatic carbocycles. The van der Waals surface area contributed by atoms with Crippen LogP contribution in [0.15, 0.2) is 28.3 Å². The largest absolute Gasteiger partial charge is 0.418 e. The molecular weight excluding hydrogens is 355 g/mol. The van der Waals surface area contributed by atoms with Crippen LogP contribution >= 0.6 is 34.9 Å². The van der Waals surface area contributed by atoms with Crippen molar-refractivity contribution in [3.05, 3.63) is 33.6 Å². The zero-order chi connectivity index (χ0) is 16.1. The van der Waals surface area contributed by atoms with Crippen molar-refractivity contribution in [2.24, 2.45) is 4.99 Å². The lowest BCUT2D eigenvalue weighted by molar-refractivity contribution is -0.137. The van der Waals surface area contributed by atoms with Crippen molar-refractivity contribution in [2.75, 3.05) is 0 Å². The standard InChI is InChI=1S/C13H11ClF3N3S2/c1-12(2)6-20-10(22-19-11(20)21-12)18-9-4-3-7(14)5-8(9)13(15,16)17/h3-5H,6H2,1-2H3. The minimum atomic E-state index is -4.50. The summed E-state index contributed by atoms with van der Waals surface area (Å²) in [6.07, 6.45) is -4.50. The van der Waals surface area contributed by atoms with Crippen LogP contribution in [0.1, 0.15) is 19.4 Å². The summed E-state index contributed by atoms with van der Waals surface area (Å²) in [4.78, 5) is 4.63. The fourth-order valence-electron chi connectivity index (χ4n) is 2.15. The van der Waals surface area contributed by atoms with E-state index in [1.807, 2.05) is 4.57 Å². The number of alkyl halides is 3. The Morgan fingerprint density at radius 2 is 2.09 bits per heavy atom. The quantitative estimate of drug-likeness (QED) is 0.731. The predicted octanol–water partition coefficient (Wildman–Crippen LogP) is 4.73. The first-order valence-electron chi connectivity index (χ1n) is 6.33. The van der Waals surface area contributed by atoms with Gasteiger partial charge in [-0.2, -0.15) is 17.5 Å². The maximum absolute atomic E-state index is 13.1. The Balaban J connectivity index is 2.12. The Kier molecular flexibility index (Phi) is 3.81. The molecule has 0 saturated carbocycles. The monoisotopic (exact) mass is 365 g/mol. The number of hydrogen-bond donors (Lipinski definition) is 0. The van der Waals surface area contributed by atoms with E-state index in [1.165, 1.54) is 12.1 Å². The smallest absolute Gasteiger partial charge is 0.293 e. The summed E-state index contributed by atoms with van der Waals surface area (Å²) in [6.45, 7) is 4.78.